The standard InChI is InChI=1S/C14H20N2O2/c17-14(16-13-7-2-1-3-8-13)18-11-9-12-6-4-5-10-15-12/h1-3,7-8,12,15H,4-6,9-11H2,(H,16,17). The van der Waals surface area contributed by atoms with Crippen molar-refractivity contribution in [2.75, 3.05) is 18.5 Å². The van der Waals surface area contributed by atoms with Gasteiger partial charge in [-0.15, -0.1) is 0 Å². The quantitative estimate of drug-likeness (QED) is 0.861. The van der Waals surface area contributed by atoms with Gasteiger partial charge in [0.25, 0.3) is 0 Å². The molecule has 0 spiro atoms. The summed E-state index contributed by atoms with van der Waals surface area (Å²) in [6, 6.07) is 9.84. The van der Waals surface area contributed by atoms with Gasteiger partial charge in [0.05, 0.1) is 6.61 Å². The van der Waals surface area contributed by atoms with Crippen LogP contribution in [0.25, 0.3) is 0 Å². The fourth-order valence-corrected chi connectivity index (χ4v) is 2.14. The molecular weight excluding hydrogens is 228 g/mol. The minimum absolute atomic E-state index is 0.378. The summed E-state index contributed by atoms with van der Waals surface area (Å²) in [6.45, 7) is 1.55. The smallest absolute Gasteiger partial charge is 0.411 e. The Balaban J connectivity index is 1.62. The number of carbonyl (C=O) groups is 1. The van der Waals surface area contributed by atoms with Crippen molar-refractivity contribution in [1.82, 2.24) is 5.32 Å². The topological polar surface area (TPSA) is 50.4 Å². The zero-order chi connectivity index (χ0) is 12.6. The maximum Gasteiger partial charge on any atom is 0.411 e. The van der Waals surface area contributed by atoms with Gasteiger partial charge in [-0.3, -0.25) is 5.32 Å². The normalized spacial score (nSPS) is 19.2. The Kier molecular flexibility index (Phi) is 5.02. The minimum Gasteiger partial charge on any atom is -0.449 e. The first-order chi connectivity index (χ1) is 8.84. The van der Waals surface area contributed by atoms with E-state index in [0.29, 0.717) is 12.6 Å². The lowest BCUT2D eigenvalue weighted by molar-refractivity contribution is 0.153. The molecule has 2 rings (SSSR count). The number of hydrogen-bond acceptors (Lipinski definition) is 3. The van der Waals surface area contributed by atoms with Crippen molar-refractivity contribution >= 4 is 11.8 Å². The molecule has 0 bridgehead atoms. The van der Waals surface area contributed by atoms with E-state index >= 15 is 0 Å². The minimum atomic E-state index is -0.378. The highest BCUT2D eigenvalue weighted by Crippen LogP contribution is 2.10. The number of anilines is 1. The highest BCUT2D eigenvalue weighted by atomic mass is 16.5. The van der Waals surface area contributed by atoms with Crippen LogP contribution in [0.3, 0.4) is 0 Å². The first-order valence-electron chi connectivity index (χ1n) is 6.57. The highest BCUT2D eigenvalue weighted by molar-refractivity contribution is 5.84. The van der Waals surface area contributed by atoms with E-state index < -0.39 is 0 Å². The van der Waals surface area contributed by atoms with Crippen molar-refractivity contribution < 1.29 is 9.53 Å². The fourth-order valence-electron chi connectivity index (χ4n) is 2.14. The summed E-state index contributed by atoms with van der Waals surface area (Å²) in [4.78, 5) is 11.5. The number of hydrogen-bond donors (Lipinski definition) is 2. The summed E-state index contributed by atoms with van der Waals surface area (Å²) in [6.07, 6.45) is 4.23. The molecule has 1 aromatic rings. The van der Waals surface area contributed by atoms with Crippen LogP contribution in [0, 0.1) is 0 Å². The van der Waals surface area contributed by atoms with Crippen LogP contribution in [-0.2, 0) is 4.74 Å². The number of piperidine rings is 1. The van der Waals surface area contributed by atoms with E-state index in [1.165, 1.54) is 19.3 Å². The lowest BCUT2D eigenvalue weighted by Gasteiger charge is -2.23. The van der Waals surface area contributed by atoms with E-state index in [9.17, 15) is 4.79 Å². The predicted molar refractivity (Wildman–Crippen MR) is 71.7 cm³/mol. The third-order valence-corrected chi connectivity index (χ3v) is 3.13. The SMILES string of the molecule is O=C(Nc1ccccc1)OCCC1CCCCN1. The lowest BCUT2D eigenvalue weighted by Crippen LogP contribution is -2.35. The molecule has 0 saturated carbocycles. The van der Waals surface area contributed by atoms with Crippen molar-refractivity contribution in [2.45, 2.75) is 31.7 Å². The highest BCUT2D eigenvalue weighted by Gasteiger charge is 2.12. The Morgan fingerprint density at radius 2 is 2.17 bits per heavy atom. The molecular formula is C14H20N2O2. The molecule has 1 unspecified atom stereocenters. The average Bonchev–Trinajstić information content (AvgIpc) is 2.41. The molecule has 0 aliphatic carbocycles. The van der Waals surface area contributed by atoms with E-state index in [2.05, 4.69) is 10.6 Å². The number of benzene rings is 1. The van der Waals surface area contributed by atoms with E-state index in [0.717, 1.165) is 18.7 Å². The molecule has 1 aliphatic heterocycles. The molecule has 1 aromatic carbocycles. The Morgan fingerprint density at radius 1 is 1.33 bits per heavy atom. The van der Waals surface area contributed by atoms with Gasteiger partial charge in [0.2, 0.25) is 0 Å². The van der Waals surface area contributed by atoms with Crippen LogP contribution < -0.4 is 10.6 Å². The molecule has 4 heteroatoms. The molecule has 18 heavy (non-hydrogen) atoms. The molecule has 0 aromatic heterocycles. The predicted octanol–water partition coefficient (Wildman–Crippen LogP) is 2.77. The number of nitrogens with one attached hydrogen (secondary N) is 2. The largest absolute Gasteiger partial charge is 0.449 e. The monoisotopic (exact) mass is 248 g/mol. The molecule has 1 fully saturated rings. The molecule has 2 N–H and O–H groups in total. The maximum absolute atomic E-state index is 11.5. The van der Waals surface area contributed by atoms with Gasteiger partial charge in [-0.05, 0) is 37.9 Å². The first kappa shape index (κ1) is 12.9. The third kappa shape index (κ3) is 4.37. The van der Waals surface area contributed by atoms with Crippen molar-refractivity contribution in [3.05, 3.63) is 30.3 Å². The van der Waals surface area contributed by atoms with Gasteiger partial charge >= 0.3 is 6.09 Å². The van der Waals surface area contributed by atoms with Crippen molar-refractivity contribution in [1.29, 1.82) is 0 Å². The summed E-state index contributed by atoms with van der Waals surface area (Å²) in [5.41, 5.74) is 0.762. The van der Waals surface area contributed by atoms with E-state index in [-0.39, 0.29) is 6.09 Å². The Morgan fingerprint density at radius 3 is 2.89 bits per heavy atom. The number of amides is 1. The van der Waals surface area contributed by atoms with E-state index in [4.69, 9.17) is 4.74 Å². The van der Waals surface area contributed by atoms with Gasteiger partial charge < -0.3 is 10.1 Å². The lowest BCUT2D eigenvalue weighted by atomic mass is 10.0. The van der Waals surface area contributed by atoms with Crippen molar-refractivity contribution in [3.8, 4) is 0 Å². The summed E-state index contributed by atoms with van der Waals surface area (Å²) >= 11 is 0. The van der Waals surface area contributed by atoms with Gasteiger partial charge in [-0.2, -0.15) is 0 Å². The number of para-hydroxylation sites is 1. The summed E-state index contributed by atoms with van der Waals surface area (Å²) in [5, 5.41) is 6.13. The van der Waals surface area contributed by atoms with Crippen LogP contribution in [0.15, 0.2) is 30.3 Å². The molecule has 1 heterocycles. The maximum atomic E-state index is 11.5. The van der Waals surface area contributed by atoms with Crippen LogP contribution in [0.5, 0.6) is 0 Å². The molecule has 1 amide bonds. The fraction of sp³-hybridized carbons (Fsp3) is 0.500. The Labute approximate surface area is 108 Å². The molecule has 1 aliphatic rings. The second-order valence-electron chi connectivity index (χ2n) is 4.56. The van der Waals surface area contributed by atoms with Gasteiger partial charge in [0.15, 0.2) is 0 Å². The molecule has 4 nitrogen and oxygen atoms in total. The van der Waals surface area contributed by atoms with Gasteiger partial charge in [-0.25, -0.2) is 4.79 Å². The van der Waals surface area contributed by atoms with Crippen molar-refractivity contribution in [3.63, 3.8) is 0 Å². The molecule has 1 atom stereocenters. The number of rotatable bonds is 4. The van der Waals surface area contributed by atoms with Gasteiger partial charge in [-0.1, -0.05) is 24.6 Å². The van der Waals surface area contributed by atoms with Crippen LogP contribution >= 0.6 is 0 Å². The van der Waals surface area contributed by atoms with Gasteiger partial charge in [0, 0.05) is 11.7 Å². The third-order valence-electron chi connectivity index (χ3n) is 3.13. The zero-order valence-electron chi connectivity index (χ0n) is 10.5. The summed E-state index contributed by atoms with van der Waals surface area (Å²) < 4.78 is 5.16. The molecule has 1 saturated heterocycles. The number of ether oxygens (including phenoxy) is 1. The van der Waals surface area contributed by atoms with Gasteiger partial charge in [0.1, 0.15) is 0 Å². The molecule has 0 radical (unpaired) electrons. The van der Waals surface area contributed by atoms with E-state index in [1.54, 1.807) is 0 Å². The average molecular weight is 248 g/mol. The first-order valence-corrected chi connectivity index (χ1v) is 6.57. The zero-order valence-corrected chi connectivity index (χ0v) is 10.5. The van der Waals surface area contributed by atoms with Crippen molar-refractivity contribution in [2.24, 2.45) is 0 Å². The second kappa shape index (κ2) is 7.01. The molecule has 98 valence electrons. The van der Waals surface area contributed by atoms with Crippen LogP contribution in [0.2, 0.25) is 0 Å². The Hall–Kier alpha value is -1.55. The van der Waals surface area contributed by atoms with Crippen LogP contribution in [0.1, 0.15) is 25.7 Å². The van der Waals surface area contributed by atoms with E-state index in [1.807, 2.05) is 30.3 Å². The van der Waals surface area contributed by atoms with Crippen LogP contribution in [0.4, 0.5) is 10.5 Å². The Bertz CT molecular complexity index is 361. The summed E-state index contributed by atoms with van der Waals surface area (Å²) in [5.74, 6) is 0. The van der Waals surface area contributed by atoms with Crippen LogP contribution in [-0.4, -0.2) is 25.3 Å². The second-order valence-corrected chi connectivity index (χ2v) is 4.56. The summed E-state index contributed by atoms with van der Waals surface area (Å²) in [7, 11) is 0. The number of carbonyl (C=O) groups excluding carboxylic acids is 1.